The number of hydrogen-bond donors (Lipinski definition) is 0. The van der Waals surface area contributed by atoms with Crippen LogP contribution in [0.2, 0.25) is 0 Å². The average Bonchev–Trinajstić information content (AvgIpc) is 3.81. The summed E-state index contributed by atoms with van der Waals surface area (Å²) in [5, 5.41) is 3.32. The molecule has 266 valence electrons. The van der Waals surface area contributed by atoms with E-state index < -0.39 is 0 Å². The second kappa shape index (κ2) is 13.1. The van der Waals surface area contributed by atoms with Gasteiger partial charge in [-0.3, -0.25) is 8.97 Å². The minimum absolute atomic E-state index is 0.791. The van der Waals surface area contributed by atoms with Crippen molar-refractivity contribution < 1.29 is 0 Å². The number of rotatable bonds is 7. The minimum atomic E-state index is 0.791. The Morgan fingerprint density at radius 3 is 1.62 bits per heavy atom. The summed E-state index contributed by atoms with van der Waals surface area (Å²) in [5.74, 6) is 0.791. The van der Waals surface area contributed by atoms with Gasteiger partial charge in [-0.25, -0.2) is 9.97 Å². The van der Waals surface area contributed by atoms with E-state index in [1.807, 2.05) is 0 Å². The standard InChI is InChI=1S/C50H36N6/c1-5-17-35(18-6-1)53(36-19-7-2-8-20-36)39-29-31-41-42-32-30-40(54(37-21-9-3-10-22-37)38-23-11-4-12-24-38)34-48(42)55(47(41)33-39)50-52-44-26-14-13-25-43(44)49-51-45-27-15-16-28-46(45)56(49)50/h1-11,13-23,25-34H,12,24H2. The summed E-state index contributed by atoms with van der Waals surface area (Å²) in [7, 11) is 0. The van der Waals surface area contributed by atoms with Gasteiger partial charge >= 0.3 is 0 Å². The zero-order valence-corrected chi connectivity index (χ0v) is 30.6. The van der Waals surface area contributed by atoms with Crippen LogP contribution < -0.4 is 9.80 Å². The lowest BCUT2D eigenvalue weighted by molar-refractivity contribution is 0.917. The molecule has 0 N–H and O–H groups in total. The molecular formula is C50H36N6. The fourth-order valence-corrected chi connectivity index (χ4v) is 8.40. The first kappa shape index (κ1) is 32.0. The van der Waals surface area contributed by atoms with Gasteiger partial charge in [0.2, 0.25) is 5.95 Å². The normalized spacial score (nSPS) is 12.9. The number of nitrogens with zero attached hydrogens (tertiary/aromatic N) is 6. The maximum Gasteiger partial charge on any atom is 0.221 e. The number of imidazole rings is 1. The van der Waals surface area contributed by atoms with Gasteiger partial charge in [0.15, 0.2) is 0 Å². The molecule has 0 saturated heterocycles. The Labute approximate surface area is 324 Å². The molecule has 6 heteroatoms. The van der Waals surface area contributed by atoms with E-state index in [0.29, 0.717) is 0 Å². The lowest BCUT2D eigenvalue weighted by Gasteiger charge is -2.29. The van der Waals surface area contributed by atoms with Gasteiger partial charge in [-0.1, -0.05) is 103 Å². The first-order chi connectivity index (χ1) is 27.8. The van der Waals surface area contributed by atoms with Crippen LogP contribution in [0.15, 0.2) is 200 Å². The number of hydrogen-bond acceptors (Lipinski definition) is 4. The highest BCUT2D eigenvalue weighted by atomic mass is 15.2. The molecule has 0 spiro atoms. The van der Waals surface area contributed by atoms with Crippen molar-refractivity contribution >= 4 is 77.8 Å². The van der Waals surface area contributed by atoms with E-state index in [1.165, 1.54) is 5.70 Å². The molecule has 1 aliphatic carbocycles. The maximum absolute atomic E-state index is 5.52. The summed E-state index contributed by atoms with van der Waals surface area (Å²) >= 11 is 0. The molecule has 0 saturated carbocycles. The van der Waals surface area contributed by atoms with E-state index in [0.717, 1.165) is 96.6 Å². The predicted octanol–water partition coefficient (Wildman–Crippen LogP) is 13.0. The van der Waals surface area contributed by atoms with Crippen LogP contribution in [0.3, 0.4) is 0 Å². The third-order valence-corrected chi connectivity index (χ3v) is 10.9. The topological polar surface area (TPSA) is 41.6 Å². The first-order valence-electron chi connectivity index (χ1n) is 19.2. The molecule has 6 nitrogen and oxygen atoms in total. The molecule has 1 aliphatic rings. The molecule has 0 aliphatic heterocycles. The Morgan fingerprint density at radius 1 is 0.446 bits per heavy atom. The molecule has 0 atom stereocenters. The predicted molar refractivity (Wildman–Crippen MR) is 232 cm³/mol. The van der Waals surface area contributed by atoms with E-state index in [-0.39, 0.29) is 0 Å². The largest absolute Gasteiger partial charge is 0.314 e. The summed E-state index contributed by atoms with van der Waals surface area (Å²) in [6.07, 6.45) is 8.63. The Bertz CT molecular complexity index is 3100. The molecule has 3 aromatic heterocycles. The van der Waals surface area contributed by atoms with Gasteiger partial charge in [0, 0.05) is 50.3 Å². The second-order valence-corrected chi connectivity index (χ2v) is 14.2. The summed E-state index contributed by atoms with van der Waals surface area (Å²) in [5.41, 5.74) is 12.6. The van der Waals surface area contributed by atoms with Crippen LogP contribution >= 0.6 is 0 Å². The molecule has 0 radical (unpaired) electrons. The Morgan fingerprint density at radius 2 is 1.00 bits per heavy atom. The summed E-state index contributed by atoms with van der Waals surface area (Å²) in [6.45, 7) is 0. The number of fused-ring (bicyclic) bond motifs is 8. The van der Waals surface area contributed by atoms with Crippen LogP contribution in [0.25, 0.3) is 55.3 Å². The number of para-hydroxylation sites is 6. The van der Waals surface area contributed by atoms with Gasteiger partial charge in [-0.05, 0) is 104 Å². The molecule has 10 aromatic rings. The van der Waals surface area contributed by atoms with E-state index in [9.17, 15) is 0 Å². The molecule has 7 aromatic carbocycles. The van der Waals surface area contributed by atoms with Crippen LogP contribution in [0.4, 0.5) is 28.4 Å². The van der Waals surface area contributed by atoms with Crippen molar-refractivity contribution in [2.45, 2.75) is 12.8 Å². The SMILES string of the molecule is C1=CCCC(N(c2ccccc2)c2ccc3c4ccc(N(c5ccccc5)c5ccccc5)cc4n(-c4nc5ccccc5c5nc6ccccc6n45)c3c2)=C1. The zero-order chi connectivity index (χ0) is 37.0. The highest BCUT2D eigenvalue weighted by Crippen LogP contribution is 2.42. The Balaban J connectivity index is 1.26. The lowest BCUT2D eigenvalue weighted by atomic mass is 10.1. The van der Waals surface area contributed by atoms with Gasteiger partial charge in [0.05, 0.1) is 27.6 Å². The fraction of sp³-hybridized carbons (Fsp3) is 0.0400. The van der Waals surface area contributed by atoms with Crippen molar-refractivity contribution in [3.05, 3.63) is 200 Å². The summed E-state index contributed by atoms with van der Waals surface area (Å²) in [6, 6.07) is 62.3. The molecule has 56 heavy (non-hydrogen) atoms. The van der Waals surface area contributed by atoms with Gasteiger partial charge < -0.3 is 9.80 Å². The molecule has 0 unspecified atom stereocenters. The molecule has 0 fully saturated rings. The summed E-state index contributed by atoms with van der Waals surface area (Å²) < 4.78 is 4.60. The molecule has 0 amide bonds. The van der Waals surface area contributed by atoms with E-state index in [4.69, 9.17) is 9.97 Å². The van der Waals surface area contributed by atoms with E-state index in [2.05, 4.69) is 213 Å². The van der Waals surface area contributed by atoms with E-state index in [1.54, 1.807) is 0 Å². The fourth-order valence-electron chi connectivity index (χ4n) is 8.40. The number of anilines is 5. The second-order valence-electron chi connectivity index (χ2n) is 14.2. The van der Waals surface area contributed by atoms with Crippen LogP contribution in [0.5, 0.6) is 0 Å². The summed E-state index contributed by atoms with van der Waals surface area (Å²) in [4.78, 5) is 15.5. The Hall–Kier alpha value is -7.44. The van der Waals surface area contributed by atoms with Gasteiger partial charge in [-0.15, -0.1) is 0 Å². The third-order valence-electron chi connectivity index (χ3n) is 10.9. The van der Waals surface area contributed by atoms with Crippen LogP contribution in [-0.2, 0) is 0 Å². The Kier molecular flexibility index (Phi) is 7.52. The monoisotopic (exact) mass is 720 g/mol. The average molecular weight is 721 g/mol. The highest BCUT2D eigenvalue weighted by Gasteiger charge is 2.24. The molecule has 11 rings (SSSR count). The number of allylic oxidation sites excluding steroid dienone is 4. The number of benzene rings is 7. The van der Waals surface area contributed by atoms with Gasteiger partial charge in [-0.2, -0.15) is 0 Å². The minimum Gasteiger partial charge on any atom is -0.314 e. The van der Waals surface area contributed by atoms with Crippen LogP contribution in [-0.4, -0.2) is 18.9 Å². The maximum atomic E-state index is 5.52. The van der Waals surface area contributed by atoms with Gasteiger partial charge in [0.1, 0.15) is 5.65 Å². The molecular weight excluding hydrogens is 685 g/mol. The van der Waals surface area contributed by atoms with Crippen molar-refractivity contribution in [3.63, 3.8) is 0 Å². The van der Waals surface area contributed by atoms with Crippen molar-refractivity contribution in [2.24, 2.45) is 0 Å². The molecule has 0 bridgehead atoms. The van der Waals surface area contributed by atoms with Crippen molar-refractivity contribution in [1.29, 1.82) is 0 Å². The molecule has 3 heterocycles. The van der Waals surface area contributed by atoms with Crippen LogP contribution in [0, 0.1) is 0 Å². The quantitative estimate of drug-likeness (QED) is 0.164. The lowest BCUT2D eigenvalue weighted by Crippen LogP contribution is -2.17. The van der Waals surface area contributed by atoms with Crippen molar-refractivity contribution in [2.75, 3.05) is 9.80 Å². The smallest absolute Gasteiger partial charge is 0.221 e. The zero-order valence-electron chi connectivity index (χ0n) is 30.6. The van der Waals surface area contributed by atoms with Crippen molar-refractivity contribution in [3.8, 4) is 5.95 Å². The third kappa shape index (κ3) is 5.18. The first-order valence-corrected chi connectivity index (χ1v) is 19.2. The highest BCUT2D eigenvalue weighted by molar-refractivity contribution is 6.11. The van der Waals surface area contributed by atoms with Gasteiger partial charge in [0.25, 0.3) is 0 Å². The van der Waals surface area contributed by atoms with Crippen molar-refractivity contribution in [1.82, 2.24) is 18.9 Å². The van der Waals surface area contributed by atoms with E-state index >= 15 is 0 Å². The number of aromatic nitrogens is 4. The van der Waals surface area contributed by atoms with Crippen LogP contribution in [0.1, 0.15) is 12.8 Å².